The van der Waals surface area contributed by atoms with Gasteiger partial charge in [0.05, 0.1) is 45.8 Å². The molecule has 0 aliphatic rings. The molecule has 0 spiro atoms. The van der Waals surface area contributed by atoms with E-state index in [0.717, 1.165) is 33.2 Å². The normalized spacial score (nSPS) is 11.1. The maximum Gasteiger partial charge on any atom is 0.340 e. The lowest BCUT2D eigenvalue weighted by atomic mass is 10.0. The van der Waals surface area contributed by atoms with Crippen LogP contribution in [0.5, 0.6) is 0 Å². The lowest BCUT2D eigenvalue weighted by molar-refractivity contribution is 0.0460. The molecule has 2 aromatic heterocycles. The summed E-state index contributed by atoms with van der Waals surface area (Å²) < 4.78 is 10.9. The van der Waals surface area contributed by atoms with Crippen molar-refractivity contribution in [1.29, 1.82) is 0 Å². The summed E-state index contributed by atoms with van der Waals surface area (Å²) in [4.78, 5) is 26.7. The smallest absolute Gasteiger partial charge is 0.340 e. The van der Waals surface area contributed by atoms with Crippen LogP contribution in [0.25, 0.3) is 21.9 Å². The molecule has 6 heteroatoms. The second-order valence-electron chi connectivity index (χ2n) is 6.83. The Labute approximate surface area is 168 Å². The first kappa shape index (κ1) is 19.0. The Morgan fingerprint density at radius 3 is 2.17 bits per heavy atom. The van der Waals surface area contributed by atoms with Crippen LogP contribution in [0.1, 0.15) is 33.0 Å². The molecule has 146 valence electrons. The van der Waals surface area contributed by atoms with Gasteiger partial charge >= 0.3 is 5.97 Å². The fourth-order valence-electron chi connectivity index (χ4n) is 3.42. The fourth-order valence-corrected chi connectivity index (χ4v) is 3.42. The highest BCUT2D eigenvalue weighted by molar-refractivity contribution is 5.98. The Morgan fingerprint density at radius 1 is 0.828 bits per heavy atom. The highest BCUT2D eigenvalue weighted by atomic mass is 16.5. The Bertz CT molecular complexity index is 1220. The minimum atomic E-state index is -0.442. The van der Waals surface area contributed by atoms with Crippen molar-refractivity contribution in [2.24, 2.45) is 0 Å². The molecule has 0 saturated heterocycles. The topological polar surface area (TPSA) is 74.2 Å². The number of rotatable bonds is 5. The van der Waals surface area contributed by atoms with E-state index in [4.69, 9.17) is 9.47 Å². The second kappa shape index (κ2) is 7.93. The lowest BCUT2D eigenvalue weighted by Gasteiger charge is -2.14. The van der Waals surface area contributed by atoms with Crippen LogP contribution in [0.15, 0.2) is 48.5 Å². The number of carbonyl (C=O) groups is 1. The van der Waals surface area contributed by atoms with E-state index in [-0.39, 0.29) is 13.2 Å². The second-order valence-corrected chi connectivity index (χ2v) is 6.83. The van der Waals surface area contributed by atoms with Gasteiger partial charge in [0.15, 0.2) is 0 Å². The highest BCUT2D eigenvalue weighted by Crippen LogP contribution is 2.24. The summed E-state index contributed by atoms with van der Waals surface area (Å²) in [5, 5.41) is 0.918. The number of methoxy groups -OCH3 is 1. The van der Waals surface area contributed by atoms with Crippen molar-refractivity contribution in [2.45, 2.75) is 27.1 Å². The van der Waals surface area contributed by atoms with Crippen molar-refractivity contribution in [2.75, 3.05) is 7.11 Å². The van der Waals surface area contributed by atoms with Crippen LogP contribution in [0.4, 0.5) is 0 Å². The minimum absolute atomic E-state index is 0.0428. The molecule has 0 bridgehead atoms. The molecule has 0 aliphatic carbocycles. The third-order valence-electron chi connectivity index (χ3n) is 4.90. The molecular formula is C23H21N3O3. The summed E-state index contributed by atoms with van der Waals surface area (Å²) in [7, 11) is 1.58. The van der Waals surface area contributed by atoms with Crippen molar-refractivity contribution in [3.8, 4) is 0 Å². The fraction of sp³-hybridized carbons (Fsp3) is 0.217. The molecule has 4 rings (SSSR count). The number of hydrogen-bond donors (Lipinski definition) is 0. The van der Waals surface area contributed by atoms with E-state index in [2.05, 4.69) is 15.0 Å². The molecule has 0 amide bonds. The van der Waals surface area contributed by atoms with Gasteiger partial charge in [0.2, 0.25) is 0 Å². The lowest BCUT2D eigenvalue weighted by Crippen LogP contribution is -2.14. The Balaban J connectivity index is 1.66. The van der Waals surface area contributed by atoms with Crippen molar-refractivity contribution in [3.63, 3.8) is 0 Å². The van der Waals surface area contributed by atoms with Crippen LogP contribution in [-0.4, -0.2) is 28.0 Å². The van der Waals surface area contributed by atoms with Crippen LogP contribution in [-0.2, 0) is 22.7 Å². The first-order valence-corrected chi connectivity index (χ1v) is 9.35. The van der Waals surface area contributed by atoms with Gasteiger partial charge in [-0.25, -0.2) is 19.7 Å². The number of benzene rings is 2. The number of hydrogen-bond acceptors (Lipinski definition) is 6. The van der Waals surface area contributed by atoms with Gasteiger partial charge in [-0.1, -0.05) is 30.3 Å². The van der Waals surface area contributed by atoms with Crippen LogP contribution in [0.3, 0.4) is 0 Å². The van der Waals surface area contributed by atoms with Gasteiger partial charge in [-0.15, -0.1) is 0 Å². The zero-order chi connectivity index (χ0) is 20.4. The van der Waals surface area contributed by atoms with Crippen LogP contribution < -0.4 is 0 Å². The number of carbonyl (C=O) groups excluding carboxylic acids is 1. The molecule has 0 aliphatic heterocycles. The van der Waals surface area contributed by atoms with Crippen molar-refractivity contribution in [3.05, 3.63) is 76.7 Å². The van der Waals surface area contributed by atoms with E-state index >= 15 is 0 Å². The monoisotopic (exact) mass is 387 g/mol. The van der Waals surface area contributed by atoms with Gasteiger partial charge in [0.1, 0.15) is 6.61 Å². The molecule has 2 heterocycles. The number of aromatic nitrogens is 3. The third kappa shape index (κ3) is 3.67. The number of para-hydroxylation sites is 3. The van der Waals surface area contributed by atoms with Crippen LogP contribution >= 0.6 is 0 Å². The summed E-state index contributed by atoms with van der Waals surface area (Å²) in [6.07, 6.45) is 0. The van der Waals surface area contributed by atoms with Crippen molar-refractivity contribution < 1.29 is 14.3 Å². The molecule has 29 heavy (non-hydrogen) atoms. The molecule has 0 radical (unpaired) electrons. The number of pyridine rings is 1. The molecule has 0 N–H and O–H groups in total. The van der Waals surface area contributed by atoms with Crippen LogP contribution in [0.2, 0.25) is 0 Å². The Hall–Kier alpha value is -3.38. The Kier molecular flexibility index (Phi) is 5.18. The third-order valence-corrected chi connectivity index (χ3v) is 4.90. The molecule has 6 nitrogen and oxygen atoms in total. The van der Waals surface area contributed by atoms with Crippen molar-refractivity contribution >= 4 is 27.9 Å². The van der Waals surface area contributed by atoms with E-state index < -0.39 is 5.97 Å². The highest BCUT2D eigenvalue weighted by Gasteiger charge is 2.20. The zero-order valence-corrected chi connectivity index (χ0v) is 16.6. The molecule has 0 atom stereocenters. The first-order chi connectivity index (χ1) is 14.1. The summed E-state index contributed by atoms with van der Waals surface area (Å²) in [6.45, 7) is 4.04. The van der Waals surface area contributed by atoms with E-state index in [9.17, 15) is 4.79 Å². The molecule has 4 aromatic rings. The number of esters is 1. The van der Waals surface area contributed by atoms with Gasteiger partial charge in [0, 0.05) is 12.5 Å². The Morgan fingerprint density at radius 2 is 1.45 bits per heavy atom. The predicted octanol–water partition coefficient (Wildman–Crippen LogP) is 4.30. The number of fused-ring (bicyclic) bond motifs is 2. The maximum atomic E-state index is 13.0. The van der Waals surface area contributed by atoms with Gasteiger partial charge in [-0.05, 0) is 37.6 Å². The number of nitrogens with zero attached hydrogens (tertiary/aromatic N) is 3. The van der Waals surface area contributed by atoms with Gasteiger partial charge in [0.25, 0.3) is 0 Å². The number of ether oxygens (including phenoxy) is 2. The molecule has 0 saturated carbocycles. The van der Waals surface area contributed by atoms with Crippen LogP contribution in [0, 0.1) is 13.8 Å². The van der Waals surface area contributed by atoms with Gasteiger partial charge in [-0.3, -0.25) is 0 Å². The standard InChI is InChI=1S/C23H21N3O3/c1-14-16-8-4-5-9-17(16)25-21(12-28-3)22(14)23(27)29-13-20-15(2)24-18-10-6-7-11-19(18)26-20/h4-11H,12-13H2,1-3H3. The average Bonchev–Trinajstić information content (AvgIpc) is 2.72. The minimum Gasteiger partial charge on any atom is -0.455 e. The van der Waals surface area contributed by atoms with E-state index in [1.165, 1.54) is 0 Å². The zero-order valence-electron chi connectivity index (χ0n) is 16.6. The molecule has 2 aromatic carbocycles. The largest absolute Gasteiger partial charge is 0.455 e. The molecule has 0 unspecified atom stereocenters. The summed E-state index contributed by atoms with van der Waals surface area (Å²) in [6, 6.07) is 15.3. The van der Waals surface area contributed by atoms with Gasteiger partial charge < -0.3 is 9.47 Å². The first-order valence-electron chi connectivity index (χ1n) is 9.35. The maximum absolute atomic E-state index is 13.0. The van der Waals surface area contributed by atoms with E-state index in [1.807, 2.05) is 62.4 Å². The van der Waals surface area contributed by atoms with E-state index in [0.29, 0.717) is 17.0 Å². The quantitative estimate of drug-likeness (QED) is 0.476. The SMILES string of the molecule is COCc1nc2ccccc2c(C)c1C(=O)OCc1nc2ccccc2nc1C. The molecular weight excluding hydrogens is 366 g/mol. The predicted molar refractivity (Wildman–Crippen MR) is 111 cm³/mol. The summed E-state index contributed by atoms with van der Waals surface area (Å²) in [5.74, 6) is -0.442. The summed E-state index contributed by atoms with van der Waals surface area (Å²) in [5.41, 5.74) is 5.62. The van der Waals surface area contributed by atoms with Crippen molar-refractivity contribution in [1.82, 2.24) is 15.0 Å². The van der Waals surface area contributed by atoms with Gasteiger partial charge in [-0.2, -0.15) is 0 Å². The number of aryl methyl sites for hydroxylation is 2. The average molecular weight is 387 g/mol. The molecule has 0 fully saturated rings. The summed E-state index contributed by atoms with van der Waals surface area (Å²) >= 11 is 0. The van der Waals surface area contributed by atoms with E-state index in [1.54, 1.807) is 7.11 Å².